The van der Waals surface area contributed by atoms with E-state index in [2.05, 4.69) is 20.2 Å². The minimum absolute atomic E-state index is 0.00103. The number of halogens is 6. The minimum Gasteiger partial charge on any atom is -0.419 e. The third-order valence-electron chi connectivity index (χ3n) is 4.14. The maximum absolute atomic E-state index is 13.4. The SMILES string of the molecule is CCCc1nnc(-c2cn3c(ccc4c(C(F)(F)F)cc(C(F)(F)F)nc43)n2)o1. The third kappa shape index (κ3) is 3.38. The predicted molar refractivity (Wildman–Crippen MR) is 87.8 cm³/mol. The first-order chi connectivity index (χ1) is 13.6. The molecule has 0 saturated carbocycles. The number of hydrogen-bond acceptors (Lipinski definition) is 5. The van der Waals surface area contributed by atoms with Crippen molar-refractivity contribution >= 4 is 16.7 Å². The average molecular weight is 415 g/mol. The molecule has 0 N–H and O–H groups in total. The second-order valence-corrected chi connectivity index (χ2v) is 6.23. The van der Waals surface area contributed by atoms with E-state index in [4.69, 9.17) is 4.42 Å². The van der Waals surface area contributed by atoms with Crippen LogP contribution in [-0.2, 0) is 18.8 Å². The van der Waals surface area contributed by atoms with E-state index in [0.29, 0.717) is 12.3 Å². The molecule has 0 radical (unpaired) electrons. The molecule has 0 aliphatic carbocycles. The van der Waals surface area contributed by atoms with E-state index in [0.717, 1.165) is 16.9 Å². The maximum Gasteiger partial charge on any atom is 0.433 e. The molecule has 4 aromatic heterocycles. The standard InChI is InChI=1S/C17H11F6N5O/c1-2-3-13-26-27-15(29-13)10-7-28-12(24-10)5-4-8-9(16(18,19)20)6-11(17(21,22)23)25-14(8)28/h4-7H,2-3H2,1H3. The van der Waals surface area contributed by atoms with Crippen LogP contribution in [0.25, 0.3) is 28.3 Å². The van der Waals surface area contributed by atoms with Crippen molar-refractivity contribution in [3.63, 3.8) is 0 Å². The number of pyridine rings is 2. The van der Waals surface area contributed by atoms with Crippen LogP contribution in [0.1, 0.15) is 30.5 Å². The zero-order chi connectivity index (χ0) is 21.0. The molecule has 29 heavy (non-hydrogen) atoms. The molecule has 0 aliphatic rings. The van der Waals surface area contributed by atoms with Crippen LogP contribution in [0.4, 0.5) is 26.3 Å². The normalized spacial score (nSPS) is 12.9. The Morgan fingerprint density at radius 3 is 2.41 bits per heavy atom. The van der Waals surface area contributed by atoms with Crippen LogP contribution in [-0.4, -0.2) is 24.6 Å². The number of aryl methyl sites for hydroxylation is 1. The molecule has 0 spiro atoms. The third-order valence-corrected chi connectivity index (χ3v) is 4.14. The topological polar surface area (TPSA) is 69.1 Å². The quantitative estimate of drug-likeness (QED) is 0.444. The van der Waals surface area contributed by atoms with Crippen LogP contribution >= 0.6 is 0 Å². The molecule has 0 amide bonds. The number of alkyl halides is 6. The van der Waals surface area contributed by atoms with Gasteiger partial charge in [-0.15, -0.1) is 10.2 Å². The molecule has 0 bridgehead atoms. The lowest BCUT2D eigenvalue weighted by Gasteiger charge is -2.14. The molecular weight excluding hydrogens is 404 g/mol. The smallest absolute Gasteiger partial charge is 0.419 e. The second kappa shape index (κ2) is 6.42. The highest BCUT2D eigenvalue weighted by atomic mass is 19.4. The fourth-order valence-corrected chi connectivity index (χ4v) is 2.88. The lowest BCUT2D eigenvalue weighted by atomic mass is 10.1. The largest absolute Gasteiger partial charge is 0.433 e. The zero-order valence-corrected chi connectivity index (χ0v) is 14.6. The summed E-state index contributed by atoms with van der Waals surface area (Å²) in [6.45, 7) is 1.91. The number of nitrogens with zero attached hydrogens (tertiary/aromatic N) is 5. The molecule has 6 nitrogen and oxygen atoms in total. The van der Waals surface area contributed by atoms with Crippen LogP contribution in [0.3, 0.4) is 0 Å². The second-order valence-electron chi connectivity index (χ2n) is 6.23. The number of imidazole rings is 1. The van der Waals surface area contributed by atoms with Crippen LogP contribution in [0.5, 0.6) is 0 Å². The van der Waals surface area contributed by atoms with E-state index in [1.807, 2.05) is 6.92 Å². The molecule has 0 saturated heterocycles. The van der Waals surface area contributed by atoms with Crippen molar-refractivity contribution in [2.75, 3.05) is 0 Å². The van der Waals surface area contributed by atoms with Crippen LogP contribution in [0.2, 0.25) is 0 Å². The van der Waals surface area contributed by atoms with Gasteiger partial charge in [-0.25, -0.2) is 9.97 Å². The maximum atomic E-state index is 13.4. The minimum atomic E-state index is -5.05. The Hall–Kier alpha value is -3.18. The molecular formula is C17H11F6N5O. The van der Waals surface area contributed by atoms with E-state index in [9.17, 15) is 26.3 Å². The van der Waals surface area contributed by atoms with Gasteiger partial charge in [-0.3, -0.25) is 4.40 Å². The van der Waals surface area contributed by atoms with Crippen molar-refractivity contribution in [3.8, 4) is 11.6 Å². The van der Waals surface area contributed by atoms with Crippen molar-refractivity contribution in [3.05, 3.63) is 41.5 Å². The van der Waals surface area contributed by atoms with Crippen LogP contribution in [0, 0.1) is 0 Å². The molecule has 0 fully saturated rings. The summed E-state index contributed by atoms with van der Waals surface area (Å²) in [4.78, 5) is 7.58. The first kappa shape index (κ1) is 19.2. The summed E-state index contributed by atoms with van der Waals surface area (Å²) in [5.74, 6) is 0.356. The summed E-state index contributed by atoms with van der Waals surface area (Å²) < 4.78 is 86.0. The van der Waals surface area contributed by atoms with Gasteiger partial charge in [-0.05, 0) is 24.6 Å². The highest BCUT2D eigenvalue weighted by Crippen LogP contribution is 2.38. The van der Waals surface area contributed by atoms with Gasteiger partial charge in [0, 0.05) is 18.0 Å². The Morgan fingerprint density at radius 1 is 1.00 bits per heavy atom. The molecule has 12 heteroatoms. The molecule has 0 atom stereocenters. The fourth-order valence-electron chi connectivity index (χ4n) is 2.88. The molecule has 0 unspecified atom stereocenters. The van der Waals surface area contributed by atoms with Crippen molar-refractivity contribution in [1.82, 2.24) is 24.6 Å². The van der Waals surface area contributed by atoms with E-state index in [1.165, 1.54) is 12.3 Å². The molecule has 0 aliphatic heterocycles. The number of aromatic nitrogens is 5. The lowest BCUT2D eigenvalue weighted by molar-refractivity contribution is -0.144. The predicted octanol–water partition coefficient (Wildman–Crippen LogP) is 4.92. The lowest BCUT2D eigenvalue weighted by Crippen LogP contribution is -2.14. The van der Waals surface area contributed by atoms with Gasteiger partial charge >= 0.3 is 12.4 Å². The Labute approximate surface area is 158 Å². The Morgan fingerprint density at radius 2 is 1.76 bits per heavy atom. The average Bonchev–Trinajstić information content (AvgIpc) is 3.25. The van der Waals surface area contributed by atoms with Crippen molar-refractivity contribution in [2.24, 2.45) is 0 Å². The number of hydrogen-bond donors (Lipinski definition) is 0. The fraction of sp³-hybridized carbons (Fsp3) is 0.294. The Balaban J connectivity index is 1.97. The number of fused-ring (bicyclic) bond motifs is 3. The summed E-state index contributed by atoms with van der Waals surface area (Å²) >= 11 is 0. The molecule has 4 heterocycles. The summed E-state index contributed by atoms with van der Waals surface area (Å²) in [5, 5.41) is 7.16. The Bertz CT molecular complexity index is 1210. The highest BCUT2D eigenvalue weighted by Gasteiger charge is 2.39. The van der Waals surface area contributed by atoms with Crippen molar-refractivity contribution in [2.45, 2.75) is 32.1 Å². The molecule has 4 rings (SSSR count). The summed E-state index contributed by atoms with van der Waals surface area (Å²) in [6.07, 6.45) is -7.56. The van der Waals surface area contributed by atoms with Gasteiger partial charge in [0.1, 0.15) is 22.7 Å². The van der Waals surface area contributed by atoms with Gasteiger partial charge in [0.05, 0.1) is 5.56 Å². The van der Waals surface area contributed by atoms with Crippen LogP contribution in [0.15, 0.2) is 28.8 Å². The van der Waals surface area contributed by atoms with Gasteiger partial charge in [0.15, 0.2) is 0 Å². The number of rotatable bonds is 3. The van der Waals surface area contributed by atoms with Gasteiger partial charge in [0.2, 0.25) is 5.89 Å². The molecule has 4 aromatic rings. The zero-order valence-electron chi connectivity index (χ0n) is 14.6. The van der Waals surface area contributed by atoms with Crippen molar-refractivity contribution in [1.29, 1.82) is 0 Å². The summed E-state index contributed by atoms with van der Waals surface area (Å²) in [7, 11) is 0. The molecule has 152 valence electrons. The van der Waals surface area contributed by atoms with E-state index < -0.39 is 34.6 Å². The first-order valence-corrected chi connectivity index (χ1v) is 8.38. The highest BCUT2D eigenvalue weighted by molar-refractivity contribution is 5.83. The van der Waals surface area contributed by atoms with E-state index >= 15 is 0 Å². The van der Waals surface area contributed by atoms with Gasteiger partial charge in [0.25, 0.3) is 5.89 Å². The summed E-state index contributed by atoms with van der Waals surface area (Å²) in [6, 6.07) is 2.29. The van der Waals surface area contributed by atoms with Gasteiger partial charge in [-0.1, -0.05) is 6.92 Å². The molecule has 0 aromatic carbocycles. The summed E-state index contributed by atoms with van der Waals surface area (Å²) in [5.41, 5.74) is -3.42. The monoisotopic (exact) mass is 415 g/mol. The van der Waals surface area contributed by atoms with Gasteiger partial charge in [-0.2, -0.15) is 26.3 Å². The Kier molecular flexibility index (Phi) is 4.24. The van der Waals surface area contributed by atoms with Crippen molar-refractivity contribution < 1.29 is 30.8 Å². The van der Waals surface area contributed by atoms with E-state index in [-0.39, 0.29) is 23.3 Å². The first-order valence-electron chi connectivity index (χ1n) is 8.38. The van der Waals surface area contributed by atoms with Gasteiger partial charge < -0.3 is 4.42 Å². The van der Waals surface area contributed by atoms with E-state index in [1.54, 1.807) is 0 Å². The van der Waals surface area contributed by atoms with Crippen LogP contribution < -0.4 is 0 Å².